The van der Waals surface area contributed by atoms with Gasteiger partial charge in [-0.1, -0.05) is 70.8 Å². The minimum Gasteiger partial charge on any atom is -0.462 e. The van der Waals surface area contributed by atoms with Crippen molar-refractivity contribution in [2.24, 2.45) is 0 Å². The molecular weight excluding hydrogens is 306 g/mol. The van der Waals surface area contributed by atoms with Gasteiger partial charge in [0.1, 0.15) is 0 Å². The van der Waals surface area contributed by atoms with Crippen LogP contribution in [0.25, 0.3) is 0 Å². The van der Waals surface area contributed by atoms with Crippen molar-refractivity contribution in [2.75, 3.05) is 6.61 Å². The molecule has 0 bridgehead atoms. The standard InChI is InChI=1S/C19H29NO4/c1-2-3-4-5-6-7-8-9-10-11-15-24-19(21)17-13-12-14-18(16-17)20(22)23/h12-14,16H,2-11,15H2,1H3. The summed E-state index contributed by atoms with van der Waals surface area (Å²) < 4.78 is 5.17. The molecule has 0 spiro atoms. The molecule has 0 amide bonds. The molecule has 5 heteroatoms. The van der Waals surface area contributed by atoms with Crippen LogP contribution in [-0.2, 0) is 4.74 Å². The maximum Gasteiger partial charge on any atom is 0.338 e. The number of esters is 1. The van der Waals surface area contributed by atoms with Gasteiger partial charge in [-0.3, -0.25) is 10.1 Å². The lowest BCUT2D eigenvalue weighted by Gasteiger charge is -2.05. The molecule has 0 saturated carbocycles. The Kier molecular flexibility index (Phi) is 10.5. The number of nitrogens with zero attached hydrogens (tertiary/aromatic N) is 1. The van der Waals surface area contributed by atoms with E-state index in [2.05, 4.69) is 6.92 Å². The number of rotatable bonds is 13. The highest BCUT2D eigenvalue weighted by molar-refractivity contribution is 5.90. The van der Waals surface area contributed by atoms with E-state index in [-0.39, 0.29) is 11.3 Å². The van der Waals surface area contributed by atoms with E-state index in [1.54, 1.807) is 0 Å². The number of unbranched alkanes of at least 4 members (excludes halogenated alkanes) is 9. The fourth-order valence-electron chi connectivity index (χ4n) is 2.58. The Balaban J connectivity index is 2.06. The van der Waals surface area contributed by atoms with Gasteiger partial charge in [0.05, 0.1) is 17.1 Å². The molecule has 0 fully saturated rings. The fourth-order valence-corrected chi connectivity index (χ4v) is 2.58. The lowest BCUT2D eigenvalue weighted by atomic mass is 10.1. The summed E-state index contributed by atoms with van der Waals surface area (Å²) in [6, 6.07) is 5.64. The van der Waals surface area contributed by atoms with Gasteiger partial charge in [-0.2, -0.15) is 0 Å². The molecule has 1 aromatic carbocycles. The summed E-state index contributed by atoms with van der Waals surface area (Å²) in [5.41, 5.74) is 0.139. The van der Waals surface area contributed by atoms with E-state index in [9.17, 15) is 14.9 Å². The van der Waals surface area contributed by atoms with Crippen molar-refractivity contribution in [1.82, 2.24) is 0 Å². The number of ether oxygens (including phenoxy) is 1. The maximum atomic E-state index is 11.8. The number of hydrogen-bond donors (Lipinski definition) is 0. The first-order chi connectivity index (χ1) is 11.6. The van der Waals surface area contributed by atoms with Gasteiger partial charge >= 0.3 is 5.97 Å². The molecule has 0 aliphatic rings. The van der Waals surface area contributed by atoms with Gasteiger partial charge in [-0.25, -0.2) is 4.79 Å². The second-order valence-electron chi connectivity index (χ2n) is 6.13. The molecular formula is C19H29NO4. The minimum atomic E-state index is -0.515. The smallest absolute Gasteiger partial charge is 0.338 e. The van der Waals surface area contributed by atoms with Gasteiger partial charge in [0.25, 0.3) is 5.69 Å². The van der Waals surface area contributed by atoms with Gasteiger partial charge in [0, 0.05) is 12.1 Å². The molecule has 0 aliphatic heterocycles. The van der Waals surface area contributed by atoms with E-state index in [4.69, 9.17) is 4.74 Å². The Hall–Kier alpha value is -1.91. The van der Waals surface area contributed by atoms with Crippen molar-refractivity contribution in [3.63, 3.8) is 0 Å². The lowest BCUT2D eigenvalue weighted by molar-refractivity contribution is -0.384. The number of carbonyl (C=O) groups is 1. The van der Waals surface area contributed by atoms with Crippen LogP contribution in [0, 0.1) is 10.1 Å². The molecule has 0 heterocycles. The summed E-state index contributed by atoms with van der Waals surface area (Å²) in [5.74, 6) is -0.491. The number of carbonyl (C=O) groups excluding carboxylic acids is 1. The average molecular weight is 335 g/mol. The van der Waals surface area contributed by atoms with Crippen LogP contribution in [0.2, 0.25) is 0 Å². The summed E-state index contributed by atoms with van der Waals surface area (Å²) in [7, 11) is 0. The lowest BCUT2D eigenvalue weighted by Crippen LogP contribution is -2.06. The van der Waals surface area contributed by atoms with Gasteiger partial charge < -0.3 is 4.74 Å². The molecule has 5 nitrogen and oxygen atoms in total. The highest BCUT2D eigenvalue weighted by Crippen LogP contribution is 2.14. The molecule has 24 heavy (non-hydrogen) atoms. The van der Waals surface area contributed by atoms with Crippen LogP contribution < -0.4 is 0 Å². The van der Waals surface area contributed by atoms with Crippen LogP contribution in [-0.4, -0.2) is 17.5 Å². The maximum absolute atomic E-state index is 11.8. The Morgan fingerprint density at radius 2 is 1.58 bits per heavy atom. The van der Waals surface area contributed by atoms with E-state index >= 15 is 0 Å². The van der Waals surface area contributed by atoms with Gasteiger partial charge in [0.2, 0.25) is 0 Å². The molecule has 0 N–H and O–H groups in total. The molecule has 0 aromatic heterocycles. The molecule has 0 atom stereocenters. The predicted molar refractivity (Wildman–Crippen MR) is 95.2 cm³/mol. The monoisotopic (exact) mass is 335 g/mol. The van der Waals surface area contributed by atoms with Crippen LogP contribution in [0.5, 0.6) is 0 Å². The highest BCUT2D eigenvalue weighted by Gasteiger charge is 2.12. The minimum absolute atomic E-state index is 0.0941. The molecule has 134 valence electrons. The fraction of sp³-hybridized carbons (Fsp3) is 0.632. The van der Waals surface area contributed by atoms with E-state index in [0.29, 0.717) is 6.61 Å². The van der Waals surface area contributed by atoms with Gasteiger partial charge in [-0.05, 0) is 12.5 Å². The second-order valence-corrected chi connectivity index (χ2v) is 6.13. The number of non-ortho nitro benzene ring substituents is 1. The normalized spacial score (nSPS) is 10.5. The molecule has 0 saturated heterocycles. The van der Waals surface area contributed by atoms with E-state index in [1.807, 2.05) is 0 Å². The molecule has 1 rings (SSSR count). The Morgan fingerprint density at radius 1 is 1.00 bits per heavy atom. The zero-order valence-electron chi connectivity index (χ0n) is 14.7. The number of nitro benzene ring substituents is 1. The van der Waals surface area contributed by atoms with Gasteiger partial charge in [-0.15, -0.1) is 0 Å². The van der Waals surface area contributed by atoms with Gasteiger partial charge in [0.15, 0.2) is 0 Å². The van der Waals surface area contributed by atoms with Crippen LogP contribution in [0.3, 0.4) is 0 Å². The molecule has 0 aliphatic carbocycles. The quantitative estimate of drug-likeness (QED) is 0.201. The van der Waals surface area contributed by atoms with Crippen LogP contribution in [0.15, 0.2) is 24.3 Å². The first-order valence-corrected chi connectivity index (χ1v) is 9.06. The molecule has 0 radical (unpaired) electrons. The van der Waals surface area contributed by atoms with E-state index in [1.165, 1.54) is 75.6 Å². The van der Waals surface area contributed by atoms with Crippen molar-refractivity contribution in [1.29, 1.82) is 0 Å². The van der Waals surface area contributed by atoms with E-state index in [0.717, 1.165) is 12.8 Å². The predicted octanol–water partition coefficient (Wildman–Crippen LogP) is 5.67. The second kappa shape index (κ2) is 12.5. The highest BCUT2D eigenvalue weighted by atomic mass is 16.6. The van der Waals surface area contributed by atoms with Crippen LogP contribution in [0.1, 0.15) is 81.5 Å². The number of benzene rings is 1. The molecule has 0 unspecified atom stereocenters. The van der Waals surface area contributed by atoms with Crippen molar-refractivity contribution in [3.8, 4) is 0 Å². The largest absolute Gasteiger partial charge is 0.462 e. The average Bonchev–Trinajstić information content (AvgIpc) is 2.59. The SMILES string of the molecule is CCCCCCCCCCCCOC(=O)c1cccc([N+](=O)[O-])c1. The Labute approximate surface area is 144 Å². The van der Waals surface area contributed by atoms with Crippen molar-refractivity contribution < 1.29 is 14.5 Å². The van der Waals surface area contributed by atoms with Crippen molar-refractivity contribution in [3.05, 3.63) is 39.9 Å². The van der Waals surface area contributed by atoms with Crippen LogP contribution in [0.4, 0.5) is 5.69 Å². The topological polar surface area (TPSA) is 69.4 Å². The third-order valence-electron chi connectivity index (χ3n) is 4.02. The van der Waals surface area contributed by atoms with Crippen molar-refractivity contribution in [2.45, 2.75) is 71.1 Å². The Bertz CT molecular complexity index is 502. The Morgan fingerprint density at radius 3 is 2.17 bits per heavy atom. The first kappa shape index (κ1) is 20.1. The van der Waals surface area contributed by atoms with Crippen LogP contribution >= 0.6 is 0 Å². The zero-order valence-corrected chi connectivity index (χ0v) is 14.7. The van der Waals surface area contributed by atoms with E-state index < -0.39 is 10.9 Å². The molecule has 1 aromatic rings. The summed E-state index contributed by atoms with van der Waals surface area (Å²) in [4.78, 5) is 22.0. The summed E-state index contributed by atoms with van der Waals surface area (Å²) >= 11 is 0. The van der Waals surface area contributed by atoms with Crippen molar-refractivity contribution >= 4 is 11.7 Å². The summed E-state index contributed by atoms with van der Waals surface area (Å²) in [6.07, 6.45) is 12.2. The third kappa shape index (κ3) is 8.65. The summed E-state index contributed by atoms with van der Waals surface area (Å²) in [6.45, 7) is 2.60. The number of hydrogen-bond acceptors (Lipinski definition) is 4. The number of nitro groups is 1. The zero-order chi connectivity index (χ0) is 17.6. The summed E-state index contributed by atoms with van der Waals surface area (Å²) in [5, 5.41) is 10.7. The third-order valence-corrected chi connectivity index (χ3v) is 4.02. The first-order valence-electron chi connectivity index (χ1n) is 9.06.